The highest BCUT2D eigenvalue weighted by atomic mass is 19.1. The molecule has 1 saturated heterocycles. The third kappa shape index (κ3) is 2.63. The Hall–Kier alpha value is -1.82. The van der Waals surface area contributed by atoms with Crippen molar-refractivity contribution in [3.8, 4) is 11.5 Å². The largest absolute Gasteiger partial charge is 0.494 e. The molecule has 1 aromatic carbocycles. The molecule has 1 atom stereocenters. The molecule has 1 saturated carbocycles. The van der Waals surface area contributed by atoms with Gasteiger partial charge in [-0.25, -0.2) is 4.39 Å². The van der Waals surface area contributed by atoms with Crippen molar-refractivity contribution in [1.82, 2.24) is 5.32 Å². The predicted octanol–water partition coefficient (Wildman–Crippen LogP) is 2.17. The first kappa shape index (κ1) is 15.1. The Bertz CT molecular complexity index is 585. The monoisotopic (exact) mass is 308 g/mol. The number of nitrogens with one attached hydrogen (secondary N) is 2. The van der Waals surface area contributed by atoms with E-state index in [0.29, 0.717) is 11.4 Å². The summed E-state index contributed by atoms with van der Waals surface area (Å²) in [5.74, 6) is -0.0667. The van der Waals surface area contributed by atoms with Crippen molar-refractivity contribution in [2.45, 2.75) is 19.3 Å². The molecule has 0 aromatic heterocycles. The van der Waals surface area contributed by atoms with Crippen molar-refractivity contribution in [3.63, 3.8) is 0 Å². The lowest BCUT2D eigenvalue weighted by Crippen LogP contribution is -2.31. The van der Waals surface area contributed by atoms with Crippen LogP contribution in [0.25, 0.3) is 0 Å². The average Bonchev–Trinajstić information content (AvgIpc) is 3.21. The van der Waals surface area contributed by atoms with Crippen molar-refractivity contribution >= 4 is 11.6 Å². The lowest BCUT2D eigenvalue weighted by Gasteiger charge is -2.23. The number of hydrogen-bond donors (Lipinski definition) is 2. The zero-order chi connectivity index (χ0) is 15.7. The normalized spacial score (nSPS) is 22.2. The van der Waals surface area contributed by atoms with E-state index >= 15 is 0 Å². The van der Waals surface area contributed by atoms with E-state index < -0.39 is 5.82 Å². The van der Waals surface area contributed by atoms with E-state index in [4.69, 9.17) is 9.47 Å². The van der Waals surface area contributed by atoms with E-state index in [1.165, 1.54) is 26.4 Å². The standard InChI is InChI=1S/C16H21FN2O3/c1-21-13-8-14(22-2)12(7-11(13)17)19-15(20)10-9-16(10)3-5-18-6-4-16/h7-8,10,18H,3-6,9H2,1-2H3,(H,19,20). The van der Waals surface area contributed by atoms with Gasteiger partial charge in [-0.2, -0.15) is 0 Å². The number of rotatable bonds is 4. The molecule has 1 aliphatic carbocycles. The third-order valence-electron chi connectivity index (χ3n) is 4.84. The number of amides is 1. The van der Waals surface area contributed by atoms with Crippen LogP contribution < -0.4 is 20.1 Å². The predicted molar refractivity (Wildman–Crippen MR) is 80.8 cm³/mol. The highest BCUT2D eigenvalue weighted by Gasteiger charge is 2.57. The van der Waals surface area contributed by atoms with E-state index in [0.717, 1.165) is 32.4 Å². The van der Waals surface area contributed by atoms with Crippen molar-refractivity contribution in [1.29, 1.82) is 0 Å². The van der Waals surface area contributed by atoms with E-state index in [1.807, 2.05) is 0 Å². The average molecular weight is 308 g/mol. The summed E-state index contributed by atoms with van der Waals surface area (Å²) in [6, 6.07) is 2.69. The summed E-state index contributed by atoms with van der Waals surface area (Å²) in [6.45, 7) is 1.93. The number of methoxy groups -OCH3 is 2. The lowest BCUT2D eigenvalue weighted by atomic mass is 9.92. The first-order valence-corrected chi connectivity index (χ1v) is 7.53. The van der Waals surface area contributed by atoms with Crippen molar-refractivity contribution in [2.24, 2.45) is 11.3 Å². The second kappa shape index (κ2) is 5.76. The first-order chi connectivity index (χ1) is 10.6. The number of piperidine rings is 1. The van der Waals surface area contributed by atoms with E-state index in [-0.39, 0.29) is 23.0 Å². The molecule has 1 amide bonds. The second-order valence-electron chi connectivity index (χ2n) is 6.05. The van der Waals surface area contributed by atoms with Gasteiger partial charge < -0.3 is 20.1 Å². The Kier molecular flexibility index (Phi) is 3.95. The summed E-state index contributed by atoms with van der Waals surface area (Å²) in [5, 5.41) is 6.12. The molecular weight excluding hydrogens is 287 g/mol. The summed E-state index contributed by atoms with van der Waals surface area (Å²) in [6.07, 6.45) is 2.97. The Balaban J connectivity index is 1.73. The van der Waals surface area contributed by atoms with Gasteiger partial charge in [0.2, 0.25) is 5.91 Å². The first-order valence-electron chi connectivity index (χ1n) is 7.53. The highest BCUT2D eigenvalue weighted by Crippen LogP contribution is 2.58. The maximum Gasteiger partial charge on any atom is 0.228 e. The number of carbonyl (C=O) groups excluding carboxylic acids is 1. The van der Waals surface area contributed by atoms with Gasteiger partial charge in [-0.05, 0) is 37.8 Å². The van der Waals surface area contributed by atoms with Gasteiger partial charge in [0.1, 0.15) is 5.75 Å². The summed E-state index contributed by atoms with van der Waals surface area (Å²) in [5.41, 5.74) is 0.495. The number of ether oxygens (including phenoxy) is 2. The Morgan fingerprint density at radius 3 is 2.59 bits per heavy atom. The third-order valence-corrected chi connectivity index (χ3v) is 4.84. The van der Waals surface area contributed by atoms with Crippen molar-refractivity contribution < 1.29 is 18.7 Å². The number of anilines is 1. The van der Waals surface area contributed by atoms with Crippen molar-refractivity contribution in [3.05, 3.63) is 17.9 Å². The molecule has 2 fully saturated rings. The van der Waals surface area contributed by atoms with Crippen LogP contribution in [0.3, 0.4) is 0 Å². The smallest absolute Gasteiger partial charge is 0.228 e. The van der Waals surface area contributed by atoms with Gasteiger partial charge in [-0.15, -0.1) is 0 Å². The molecule has 1 heterocycles. The molecule has 1 spiro atoms. The van der Waals surface area contributed by atoms with Crippen LogP contribution in [0.4, 0.5) is 10.1 Å². The van der Waals surface area contributed by atoms with Crippen LogP contribution in [-0.2, 0) is 4.79 Å². The van der Waals surface area contributed by atoms with E-state index in [1.54, 1.807) is 0 Å². The van der Waals surface area contributed by atoms with Crippen LogP contribution in [-0.4, -0.2) is 33.2 Å². The molecule has 0 radical (unpaired) electrons. The van der Waals surface area contributed by atoms with Gasteiger partial charge in [0.15, 0.2) is 11.6 Å². The maximum absolute atomic E-state index is 13.8. The molecule has 3 rings (SSSR count). The van der Waals surface area contributed by atoms with Crippen molar-refractivity contribution in [2.75, 3.05) is 32.6 Å². The number of benzene rings is 1. The fourth-order valence-electron chi connectivity index (χ4n) is 3.37. The molecule has 22 heavy (non-hydrogen) atoms. The number of halogens is 1. The molecule has 6 heteroatoms. The maximum atomic E-state index is 13.8. The summed E-state index contributed by atoms with van der Waals surface area (Å²) < 4.78 is 24.0. The minimum Gasteiger partial charge on any atom is -0.494 e. The minimum atomic E-state index is -0.522. The van der Waals surface area contributed by atoms with Crippen LogP contribution in [0.15, 0.2) is 12.1 Å². The SMILES string of the molecule is COc1cc(OC)c(NC(=O)C2CC23CCNCC3)cc1F. The van der Waals surface area contributed by atoms with Gasteiger partial charge in [-0.3, -0.25) is 4.79 Å². The van der Waals surface area contributed by atoms with Gasteiger partial charge in [0, 0.05) is 18.1 Å². The molecule has 2 N–H and O–H groups in total. The zero-order valence-corrected chi connectivity index (χ0v) is 12.9. The fraction of sp³-hybridized carbons (Fsp3) is 0.562. The van der Waals surface area contributed by atoms with E-state index in [2.05, 4.69) is 10.6 Å². The van der Waals surface area contributed by atoms with Crippen LogP contribution in [0.1, 0.15) is 19.3 Å². The number of hydrogen-bond acceptors (Lipinski definition) is 4. The Labute approximate surface area is 129 Å². The topological polar surface area (TPSA) is 59.6 Å². The lowest BCUT2D eigenvalue weighted by molar-refractivity contribution is -0.118. The quantitative estimate of drug-likeness (QED) is 0.895. The Morgan fingerprint density at radius 1 is 1.27 bits per heavy atom. The van der Waals surface area contributed by atoms with Gasteiger partial charge in [-0.1, -0.05) is 0 Å². The molecule has 2 aliphatic rings. The fourth-order valence-corrected chi connectivity index (χ4v) is 3.37. The number of carbonyl (C=O) groups is 1. The highest BCUT2D eigenvalue weighted by molar-refractivity contribution is 5.96. The minimum absolute atomic E-state index is 0.0180. The van der Waals surface area contributed by atoms with Gasteiger partial charge in [0.05, 0.1) is 19.9 Å². The van der Waals surface area contributed by atoms with Crippen LogP contribution in [0.2, 0.25) is 0 Å². The molecule has 120 valence electrons. The molecular formula is C16H21FN2O3. The second-order valence-corrected chi connectivity index (χ2v) is 6.05. The molecule has 1 aliphatic heterocycles. The Morgan fingerprint density at radius 2 is 1.95 bits per heavy atom. The summed E-state index contributed by atoms with van der Waals surface area (Å²) >= 11 is 0. The van der Waals surface area contributed by atoms with Crippen LogP contribution in [0.5, 0.6) is 11.5 Å². The van der Waals surface area contributed by atoms with E-state index in [9.17, 15) is 9.18 Å². The van der Waals surface area contributed by atoms with Gasteiger partial charge >= 0.3 is 0 Å². The molecule has 1 unspecified atom stereocenters. The molecule has 0 bridgehead atoms. The molecule has 1 aromatic rings. The van der Waals surface area contributed by atoms with Crippen LogP contribution >= 0.6 is 0 Å². The summed E-state index contributed by atoms with van der Waals surface area (Å²) in [4.78, 5) is 12.4. The van der Waals surface area contributed by atoms with Gasteiger partial charge in [0.25, 0.3) is 0 Å². The summed E-state index contributed by atoms with van der Waals surface area (Å²) in [7, 11) is 2.87. The zero-order valence-electron chi connectivity index (χ0n) is 12.9. The van der Waals surface area contributed by atoms with Crippen LogP contribution in [0, 0.1) is 17.2 Å². The molecule has 5 nitrogen and oxygen atoms in total.